The summed E-state index contributed by atoms with van der Waals surface area (Å²) >= 11 is 0. The quantitative estimate of drug-likeness (QED) is 0.475. The van der Waals surface area contributed by atoms with E-state index in [1.165, 1.54) is 49.5 Å². The van der Waals surface area contributed by atoms with Gasteiger partial charge < -0.3 is 10.6 Å². The lowest BCUT2D eigenvalue weighted by Gasteiger charge is -2.18. The molecule has 8 heteroatoms. The van der Waals surface area contributed by atoms with E-state index in [1.807, 2.05) is 36.4 Å². The molecule has 0 radical (unpaired) electrons. The summed E-state index contributed by atoms with van der Waals surface area (Å²) in [6.07, 6.45) is 0.738. The van der Waals surface area contributed by atoms with Gasteiger partial charge in [-0.3, -0.25) is 4.84 Å². The highest BCUT2D eigenvalue weighted by atomic mass is 32.2. The summed E-state index contributed by atoms with van der Waals surface area (Å²) in [4.78, 5) is 17.2. The van der Waals surface area contributed by atoms with E-state index in [-0.39, 0.29) is 16.8 Å². The second-order valence-corrected chi connectivity index (χ2v) is 9.10. The first-order valence-corrected chi connectivity index (χ1v) is 11.6. The lowest BCUT2D eigenvalue weighted by molar-refractivity contribution is -0.0258. The molecule has 3 rings (SSSR count). The number of urea groups is 1. The third-order valence-electron chi connectivity index (χ3n) is 5.13. The molecule has 0 aromatic heterocycles. The molecule has 0 heterocycles. The molecule has 3 aromatic rings. The largest absolute Gasteiger partial charge is 0.338 e. The van der Waals surface area contributed by atoms with Crippen molar-refractivity contribution in [3.63, 3.8) is 0 Å². The van der Waals surface area contributed by atoms with Crippen molar-refractivity contribution in [2.45, 2.75) is 17.2 Å². The minimum Gasteiger partial charge on any atom is -0.338 e. The molecular formula is C24H27N3O4S. The van der Waals surface area contributed by atoms with Crippen molar-refractivity contribution in [2.24, 2.45) is 0 Å². The van der Waals surface area contributed by atoms with Gasteiger partial charge in [-0.25, -0.2) is 13.2 Å². The van der Waals surface area contributed by atoms with E-state index in [4.69, 9.17) is 4.84 Å². The predicted octanol–water partition coefficient (Wildman–Crippen LogP) is 4.21. The fraction of sp³-hybridized carbons (Fsp3) is 0.208. The Bertz CT molecular complexity index is 1070. The Morgan fingerprint density at radius 1 is 0.906 bits per heavy atom. The second-order valence-electron chi connectivity index (χ2n) is 7.17. The maximum Gasteiger partial charge on any atom is 0.319 e. The number of carbonyl (C=O) groups is 1. The summed E-state index contributed by atoms with van der Waals surface area (Å²) in [6, 6.07) is 25.9. The van der Waals surface area contributed by atoms with Crippen LogP contribution in [0.5, 0.6) is 0 Å². The van der Waals surface area contributed by atoms with Crippen molar-refractivity contribution >= 4 is 21.7 Å². The van der Waals surface area contributed by atoms with E-state index in [2.05, 4.69) is 34.9 Å². The van der Waals surface area contributed by atoms with Gasteiger partial charge in [-0.1, -0.05) is 65.1 Å². The molecule has 3 aromatic carbocycles. The van der Waals surface area contributed by atoms with E-state index in [1.54, 1.807) is 0 Å². The minimum atomic E-state index is -3.73. The zero-order valence-corrected chi connectivity index (χ0v) is 18.9. The van der Waals surface area contributed by atoms with Crippen LogP contribution in [0.3, 0.4) is 0 Å². The van der Waals surface area contributed by atoms with Gasteiger partial charge >= 0.3 is 6.03 Å². The smallest absolute Gasteiger partial charge is 0.319 e. The number of anilines is 1. The molecule has 0 unspecified atom stereocenters. The Kier molecular flexibility index (Phi) is 7.99. The van der Waals surface area contributed by atoms with Crippen LogP contribution in [-0.4, -0.2) is 39.6 Å². The Hall–Kier alpha value is -3.20. The molecule has 0 spiro atoms. The topological polar surface area (TPSA) is 87.7 Å². The summed E-state index contributed by atoms with van der Waals surface area (Å²) in [6.45, 7) is 0.478. The summed E-state index contributed by atoms with van der Waals surface area (Å²) in [5.74, 6) is 0.167. The number of hydroxylamine groups is 1. The number of amides is 2. The average Bonchev–Trinajstić information content (AvgIpc) is 2.82. The van der Waals surface area contributed by atoms with Crippen LogP contribution in [0.15, 0.2) is 89.8 Å². The number of nitrogens with one attached hydrogen (secondary N) is 2. The Morgan fingerprint density at radius 3 is 1.94 bits per heavy atom. The maximum atomic E-state index is 12.3. The van der Waals surface area contributed by atoms with E-state index in [0.29, 0.717) is 12.2 Å². The van der Waals surface area contributed by atoms with Gasteiger partial charge in [0.25, 0.3) is 10.0 Å². The molecule has 7 nitrogen and oxygen atoms in total. The zero-order chi connectivity index (χ0) is 23.0. The first-order valence-electron chi connectivity index (χ1n) is 10.2. The predicted molar refractivity (Wildman–Crippen MR) is 125 cm³/mol. The summed E-state index contributed by atoms with van der Waals surface area (Å²) in [7, 11) is -1.14. The number of nitrogens with zero attached hydrogens (tertiary/aromatic N) is 1. The van der Waals surface area contributed by atoms with E-state index in [9.17, 15) is 13.2 Å². The molecule has 0 bridgehead atoms. The van der Waals surface area contributed by atoms with Crippen molar-refractivity contribution in [3.8, 4) is 0 Å². The average molecular weight is 454 g/mol. The van der Waals surface area contributed by atoms with Crippen molar-refractivity contribution in [1.29, 1.82) is 0 Å². The number of benzene rings is 3. The van der Waals surface area contributed by atoms with Crippen LogP contribution in [0.4, 0.5) is 10.5 Å². The molecule has 0 saturated carbocycles. The molecule has 32 heavy (non-hydrogen) atoms. The summed E-state index contributed by atoms with van der Waals surface area (Å²) in [5, 5.41) is 5.60. The van der Waals surface area contributed by atoms with Gasteiger partial charge in [0.05, 0.1) is 12.0 Å². The fourth-order valence-corrected chi connectivity index (χ4v) is 4.33. The van der Waals surface area contributed by atoms with Gasteiger partial charge in [0.1, 0.15) is 0 Å². The lowest BCUT2D eigenvalue weighted by atomic mass is 9.88. The normalized spacial score (nSPS) is 11.5. The molecule has 2 N–H and O–H groups in total. The third-order valence-corrected chi connectivity index (χ3v) is 6.82. The first kappa shape index (κ1) is 23.5. The van der Waals surface area contributed by atoms with Crippen molar-refractivity contribution in [1.82, 2.24) is 9.79 Å². The van der Waals surface area contributed by atoms with Crippen molar-refractivity contribution < 1.29 is 18.0 Å². The maximum absolute atomic E-state index is 12.3. The summed E-state index contributed by atoms with van der Waals surface area (Å²) < 4.78 is 25.2. The Labute approximate surface area is 189 Å². The Morgan fingerprint density at radius 2 is 1.44 bits per heavy atom. The minimum absolute atomic E-state index is 0.0707. The molecule has 0 aliphatic carbocycles. The van der Waals surface area contributed by atoms with E-state index >= 15 is 0 Å². The van der Waals surface area contributed by atoms with Gasteiger partial charge in [-0.2, -0.15) is 0 Å². The standard InChI is InChI=1S/C24H27N3O4S/c1-27(31-2)32(29,30)22-15-13-21(14-16-22)26-24(28)25-18-17-23(19-9-5-3-6-10-19)20-11-7-4-8-12-20/h3-16,23H,17-18H2,1-2H3,(H2,25,26,28). The van der Waals surface area contributed by atoms with E-state index in [0.717, 1.165) is 10.9 Å². The van der Waals surface area contributed by atoms with Crippen LogP contribution in [0.25, 0.3) is 0 Å². The van der Waals surface area contributed by atoms with E-state index < -0.39 is 10.0 Å². The molecule has 168 valence electrons. The third kappa shape index (κ3) is 5.94. The highest BCUT2D eigenvalue weighted by molar-refractivity contribution is 7.89. The molecule has 0 atom stereocenters. The van der Waals surface area contributed by atoms with Crippen LogP contribution in [-0.2, 0) is 14.9 Å². The monoisotopic (exact) mass is 453 g/mol. The van der Waals surface area contributed by atoms with Crippen LogP contribution in [0.2, 0.25) is 0 Å². The highest BCUT2D eigenvalue weighted by Gasteiger charge is 2.20. The number of carbonyl (C=O) groups excluding carboxylic acids is 1. The number of hydrogen-bond donors (Lipinski definition) is 2. The van der Waals surface area contributed by atoms with Crippen LogP contribution >= 0.6 is 0 Å². The van der Waals surface area contributed by atoms with Gasteiger partial charge in [-0.15, -0.1) is 0 Å². The molecule has 0 saturated heterocycles. The molecule has 0 fully saturated rings. The van der Waals surface area contributed by atoms with Gasteiger partial charge in [0.2, 0.25) is 0 Å². The first-order chi connectivity index (χ1) is 15.4. The fourth-order valence-electron chi connectivity index (χ4n) is 3.36. The van der Waals surface area contributed by atoms with Crippen LogP contribution in [0, 0.1) is 0 Å². The van der Waals surface area contributed by atoms with Gasteiger partial charge in [0, 0.05) is 25.2 Å². The molecular weight excluding hydrogens is 426 g/mol. The van der Waals surface area contributed by atoms with Crippen molar-refractivity contribution in [3.05, 3.63) is 96.1 Å². The van der Waals surface area contributed by atoms with Crippen LogP contribution in [0.1, 0.15) is 23.5 Å². The summed E-state index contributed by atoms with van der Waals surface area (Å²) in [5.41, 5.74) is 2.88. The molecule has 0 aliphatic rings. The van der Waals surface area contributed by atoms with Crippen molar-refractivity contribution in [2.75, 3.05) is 26.0 Å². The lowest BCUT2D eigenvalue weighted by Crippen LogP contribution is -2.30. The van der Waals surface area contributed by atoms with Gasteiger partial charge in [-0.05, 0) is 41.8 Å². The highest BCUT2D eigenvalue weighted by Crippen LogP contribution is 2.27. The van der Waals surface area contributed by atoms with Gasteiger partial charge in [0.15, 0.2) is 0 Å². The SMILES string of the molecule is CON(C)S(=O)(=O)c1ccc(NC(=O)NCCC(c2ccccc2)c2ccccc2)cc1. The molecule has 0 aliphatic heterocycles. The zero-order valence-electron chi connectivity index (χ0n) is 18.1. The number of sulfonamides is 1. The molecule has 2 amide bonds. The number of hydrogen-bond acceptors (Lipinski definition) is 4. The number of rotatable bonds is 9. The van der Waals surface area contributed by atoms with Crippen LogP contribution < -0.4 is 10.6 Å². The Balaban J connectivity index is 1.58. The second kappa shape index (κ2) is 10.9.